The average Bonchev–Trinajstić information content (AvgIpc) is 2.31. The minimum atomic E-state index is 0.0408. The van der Waals surface area contributed by atoms with Crippen LogP contribution >= 0.6 is 23.4 Å². The van der Waals surface area contributed by atoms with Gasteiger partial charge < -0.3 is 10.1 Å². The molecule has 1 rings (SSSR count). The molecule has 1 amide bonds. The molecule has 100 valence electrons. The highest BCUT2D eigenvalue weighted by atomic mass is 35.5. The molecule has 0 aliphatic rings. The number of amides is 1. The van der Waals surface area contributed by atoms with Gasteiger partial charge in [-0.15, -0.1) is 11.8 Å². The van der Waals surface area contributed by atoms with Gasteiger partial charge >= 0.3 is 0 Å². The minimum Gasteiger partial charge on any atom is -0.383 e. The summed E-state index contributed by atoms with van der Waals surface area (Å²) in [5.41, 5.74) is 0. The molecule has 0 bridgehead atoms. The fourth-order valence-electron chi connectivity index (χ4n) is 1.45. The lowest BCUT2D eigenvalue weighted by Crippen LogP contribution is -2.35. The minimum absolute atomic E-state index is 0.0408. The highest BCUT2D eigenvalue weighted by molar-refractivity contribution is 7.99. The van der Waals surface area contributed by atoms with Crippen molar-refractivity contribution in [2.45, 2.75) is 24.3 Å². The largest absolute Gasteiger partial charge is 0.383 e. The second-order valence-corrected chi connectivity index (χ2v) is 5.50. The third-order valence-electron chi connectivity index (χ3n) is 2.25. The van der Waals surface area contributed by atoms with Crippen molar-refractivity contribution in [2.24, 2.45) is 0 Å². The number of rotatable bonds is 7. The van der Waals surface area contributed by atoms with Crippen molar-refractivity contribution in [3.05, 3.63) is 29.3 Å². The molecule has 3 nitrogen and oxygen atoms in total. The van der Waals surface area contributed by atoms with Gasteiger partial charge in [-0.2, -0.15) is 0 Å². The zero-order valence-electron chi connectivity index (χ0n) is 10.6. The quantitative estimate of drug-likeness (QED) is 0.784. The lowest BCUT2D eigenvalue weighted by Gasteiger charge is -2.12. The van der Waals surface area contributed by atoms with Gasteiger partial charge in [0, 0.05) is 30.2 Å². The zero-order valence-corrected chi connectivity index (χ0v) is 12.2. The van der Waals surface area contributed by atoms with E-state index in [1.165, 1.54) is 0 Å². The molecule has 1 aromatic rings. The van der Waals surface area contributed by atoms with E-state index in [0.29, 0.717) is 13.0 Å². The number of carbonyl (C=O) groups excluding carboxylic acids is 1. The lowest BCUT2D eigenvalue weighted by molar-refractivity contribution is -0.121. The van der Waals surface area contributed by atoms with Gasteiger partial charge in [0.15, 0.2) is 0 Å². The molecule has 0 saturated carbocycles. The van der Waals surface area contributed by atoms with Crippen LogP contribution in [0.5, 0.6) is 0 Å². The van der Waals surface area contributed by atoms with E-state index in [9.17, 15) is 4.79 Å². The molecule has 0 radical (unpaired) electrons. The van der Waals surface area contributed by atoms with E-state index in [1.54, 1.807) is 18.9 Å². The van der Waals surface area contributed by atoms with Crippen LogP contribution in [0.25, 0.3) is 0 Å². The summed E-state index contributed by atoms with van der Waals surface area (Å²) < 4.78 is 4.96. The molecular weight excluding hydrogens is 270 g/mol. The third-order valence-corrected chi connectivity index (χ3v) is 3.76. The van der Waals surface area contributed by atoms with E-state index in [2.05, 4.69) is 5.32 Å². The Morgan fingerprint density at radius 3 is 2.89 bits per heavy atom. The first kappa shape index (κ1) is 15.3. The Bertz CT molecular complexity index is 387. The number of methoxy groups -OCH3 is 1. The molecule has 0 aromatic heterocycles. The lowest BCUT2D eigenvalue weighted by atomic mass is 10.3. The number of hydrogen-bond donors (Lipinski definition) is 1. The van der Waals surface area contributed by atoms with Gasteiger partial charge in [0.2, 0.25) is 5.91 Å². The molecule has 1 N–H and O–H groups in total. The third kappa shape index (κ3) is 5.76. The van der Waals surface area contributed by atoms with Crippen LogP contribution in [-0.2, 0) is 9.53 Å². The fourth-order valence-corrected chi connectivity index (χ4v) is 2.64. The maximum Gasteiger partial charge on any atom is 0.221 e. The van der Waals surface area contributed by atoms with Crippen molar-refractivity contribution in [3.8, 4) is 0 Å². The van der Waals surface area contributed by atoms with Crippen LogP contribution in [0, 0.1) is 0 Å². The SMILES string of the molecule is COCC(C)NC(=O)CCSc1ccccc1Cl. The second-order valence-electron chi connectivity index (χ2n) is 3.95. The number of hydrogen-bond acceptors (Lipinski definition) is 3. The first-order chi connectivity index (χ1) is 8.63. The van der Waals surface area contributed by atoms with Crippen molar-refractivity contribution < 1.29 is 9.53 Å². The Hall–Kier alpha value is -0.710. The second kappa shape index (κ2) is 8.40. The topological polar surface area (TPSA) is 38.3 Å². The Morgan fingerprint density at radius 2 is 2.22 bits per heavy atom. The number of ether oxygens (including phenoxy) is 1. The van der Waals surface area contributed by atoms with E-state index in [1.807, 2.05) is 31.2 Å². The fraction of sp³-hybridized carbons (Fsp3) is 0.462. The van der Waals surface area contributed by atoms with Gasteiger partial charge in [-0.25, -0.2) is 0 Å². The van der Waals surface area contributed by atoms with E-state index < -0.39 is 0 Å². The summed E-state index contributed by atoms with van der Waals surface area (Å²) >= 11 is 7.62. The van der Waals surface area contributed by atoms with E-state index in [4.69, 9.17) is 16.3 Å². The van der Waals surface area contributed by atoms with E-state index in [-0.39, 0.29) is 11.9 Å². The predicted molar refractivity (Wildman–Crippen MR) is 76.3 cm³/mol. The number of nitrogens with one attached hydrogen (secondary N) is 1. The van der Waals surface area contributed by atoms with Crippen molar-refractivity contribution in [2.75, 3.05) is 19.5 Å². The van der Waals surface area contributed by atoms with Gasteiger partial charge in [0.25, 0.3) is 0 Å². The van der Waals surface area contributed by atoms with Crippen molar-refractivity contribution in [3.63, 3.8) is 0 Å². The van der Waals surface area contributed by atoms with E-state index >= 15 is 0 Å². The summed E-state index contributed by atoms with van der Waals surface area (Å²) in [5, 5.41) is 3.60. The maximum absolute atomic E-state index is 11.6. The van der Waals surface area contributed by atoms with Gasteiger partial charge in [-0.1, -0.05) is 23.7 Å². The molecule has 0 heterocycles. The molecular formula is C13H18ClNO2S. The van der Waals surface area contributed by atoms with Crippen LogP contribution in [0.15, 0.2) is 29.2 Å². The maximum atomic E-state index is 11.6. The van der Waals surface area contributed by atoms with Crippen LogP contribution < -0.4 is 5.32 Å². The number of halogens is 1. The summed E-state index contributed by atoms with van der Waals surface area (Å²) in [6, 6.07) is 7.69. The van der Waals surface area contributed by atoms with Crippen LogP contribution in [0.3, 0.4) is 0 Å². The Labute approximate surface area is 117 Å². The van der Waals surface area contributed by atoms with Crippen LogP contribution in [0.1, 0.15) is 13.3 Å². The smallest absolute Gasteiger partial charge is 0.221 e. The molecule has 0 fully saturated rings. The van der Waals surface area contributed by atoms with Crippen molar-refractivity contribution in [1.82, 2.24) is 5.32 Å². The highest BCUT2D eigenvalue weighted by Gasteiger charge is 2.07. The summed E-state index contributed by atoms with van der Waals surface area (Å²) in [6.07, 6.45) is 0.476. The van der Waals surface area contributed by atoms with Crippen LogP contribution in [-0.4, -0.2) is 31.4 Å². The molecule has 18 heavy (non-hydrogen) atoms. The predicted octanol–water partition coefficient (Wildman–Crippen LogP) is 2.97. The standard InChI is InChI=1S/C13H18ClNO2S/c1-10(9-17-2)15-13(16)7-8-18-12-6-4-3-5-11(12)14/h3-6,10H,7-9H2,1-2H3,(H,15,16). The Kier molecular flexibility index (Phi) is 7.16. The molecule has 0 saturated heterocycles. The Morgan fingerprint density at radius 1 is 1.50 bits per heavy atom. The van der Waals surface area contributed by atoms with Crippen LogP contribution in [0.2, 0.25) is 5.02 Å². The summed E-state index contributed by atoms with van der Waals surface area (Å²) in [5.74, 6) is 0.758. The number of carbonyl (C=O) groups is 1. The first-order valence-electron chi connectivity index (χ1n) is 5.79. The average molecular weight is 288 g/mol. The Balaban J connectivity index is 2.25. The van der Waals surface area contributed by atoms with Gasteiger partial charge in [0.1, 0.15) is 0 Å². The van der Waals surface area contributed by atoms with Crippen molar-refractivity contribution in [1.29, 1.82) is 0 Å². The molecule has 0 aliphatic heterocycles. The van der Waals surface area contributed by atoms with Gasteiger partial charge in [0.05, 0.1) is 11.6 Å². The molecule has 1 aromatic carbocycles. The number of benzene rings is 1. The highest BCUT2D eigenvalue weighted by Crippen LogP contribution is 2.26. The van der Waals surface area contributed by atoms with Gasteiger partial charge in [-0.05, 0) is 19.1 Å². The first-order valence-corrected chi connectivity index (χ1v) is 7.15. The molecule has 0 spiro atoms. The number of thioether (sulfide) groups is 1. The van der Waals surface area contributed by atoms with Gasteiger partial charge in [-0.3, -0.25) is 4.79 Å². The molecule has 1 unspecified atom stereocenters. The summed E-state index contributed by atoms with van der Waals surface area (Å²) in [6.45, 7) is 2.45. The zero-order chi connectivity index (χ0) is 13.4. The normalized spacial score (nSPS) is 12.2. The van der Waals surface area contributed by atoms with Crippen molar-refractivity contribution >= 4 is 29.3 Å². The summed E-state index contributed by atoms with van der Waals surface area (Å²) in [7, 11) is 1.62. The van der Waals surface area contributed by atoms with E-state index in [0.717, 1.165) is 15.7 Å². The summed E-state index contributed by atoms with van der Waals surface area (Å²) in [4.78, 5) is 12.6. The molecule has 1 atom stereocenters. The van der Waals surface area contributed by atoms with Crippen LogP contribution in [0.4, 0.5) is 0 Å². The molecule has 5 heteroatoms. The monoisotopic (exact) mass is 287 g/mol. The molecule has 0 aliphatic carbocycles.